The summed E-state index contributed by atoms with van der Waals surface area (Å²) in [6, 6.07) is 0. The van der Waals surface area contributed by atoms with Gasteiger partial charge in [-0.2, -0.15) is 0 Å². The Kier molecular flexibility index (Phi) is 0.722. The van der Waals surface area contributed by atoms with Gasteiger partial charge in [-0.15, -0.1) is 0 Å². The lowest BCUT2D eigenvalue weighted by Gasteiger charge is -2.06. The molecule has 0 atom stereocenters. The topological polar surface area (TPSA) is 50.7 Å². The van der Waals surface area contributed by atoms with Crippen LogP contribution < -0.4 is 5.73 Å². The molecule has 3 nitrogen and oxygen atoms in total. The van der Waals surface area contributed by atoms with Gasteiger partial charge in [0.2, 0.25) is 0 Å². The number of nitrogens with zero attached hydrogens (tertiary/aromatic N) is 2. The molecule has 0 spiro atoms. The Morgan fingerprint density at radius 1 is 1.43 bits per heavy atom. The number of aliphatic imine (C=N–C) groups is 2. The first-order valence-corrected chi connectivity index (χ1v) is 2.09. The fraction of sp³-hybridized carbons (Fsp3) is 0.500. The molecular weight excluding hydrogens is 90.1 g/mol. The van der Waals surface area contributed by atoms with E-state index in [1.165, 1.54) is 0 Å². The lowest BCUT2D eigenvalue weighted by atomic mass is 10.5. The lowest BCUT2D eigenvalue weighted by Crippen LogP contribution is -2.28. The number of hydrogen-bond acceptors (Lipinski definition) is 3. The van der Waals surface area contributed by atoms with E-state index in [2.05, 4.69) is 9.98 Å². The quantitative estimate of drug-likeness (QED) is 0.446. The van der Waals surface area contributed by atoms with Crippen LogP contribution in [-0.2, 0) is 0 Å². The van der Waals surface area contributed by atoms with Gasteiger partial charge < -0.3 is 0 Å². The third kappa shape index (κ3) is 0.838. The van der Waals surface area contributed by atoms with E-state index < -0.39 is 5.79 Å². The Hall–Kier alpha value is -0.700. The standard InChI is InChI=1S/C4H7N3/c1-4(5)6-2-3-7-4/h2-3H,5H2,1H3. The van der Waals surface area contributed by atoms with Crippen molar-refractivity contribution in [2.45, 2.75) is 12.7 Å². The molecule has 0 aromatic carbocycles. The summed E-state index contributed by atoms with van der Waals surface area (Å²) in [5.74, 6) is -0.667. The van der Waals surface area contributed by atoms with Crippen LogP contribution in [0.2, 0.25) is 0 Å². The molecule has 0 radical (unpaired) electrons. The van der Waals surface area contributed by atoms with Crippen LogP contribution >= 0.6 is 0 Å². The minimum atomic E-state index is -0.667. The van der Waals surface area contributed by atoms with Gasteiger partial charge in [0.1, 0.15) is 0 Å². The minimum Gasteiger partial charge on any atom is -0.289 e. The third-order valence-electron chi connectivity index (χ3n) is 0.738. The SMILES string of the molecule is CC1(N)N=CC=N1. The summed E-state index contributed by atoms with van der Waals surface area (Å²) in [6.45, 7) is 1.74. The molecule has 0 unspecified atom stereocenters. The summed E-state index contributed by atoms with van der Waals surface area (Å²) >= 11 is 0. The van der Waals surface area contributed by atoms with Crippen molar-refractivity contribution in [1.29, 1.82) is 0 Å². The lowest BCUT2D eigenvalue weighted by molar-refractivity contribution is 0.536. The Morgan fingerprint density at radius 3 is 2.00 bits per heavy atom. The van der Waals surface area contributed by atoms with Crippen LogP contribution in [0.15, 0.2) is 9.98 Å². The van der Waals surface area contributed by atoms with Crippen LogP contribution in [0.25, 0.3) is 0 Å². The van der Waals surface area contributed by atoms with Gasteiger partial charge in [-0.25, -0.2) is 9.98 Å². The normalized spacial score (nSPS) is 23.7. The number of hydrogen-bond donors (Lipinski definition) is 1. The Labute approximate surface area is 42.0 Å². The monoisotopic (exact) mass is 97.1 g/mol. The van der Waals surface area contributed by atoms with E-state index in [0.29, 0.717) is 0 Å². The molecular formula is C4H7N3. The van der Waals surface area contributed by atoms with Crippen LogP contribution in [0.1, 0.15) is 6.92 Å². The van der Waals surface area contributed by atoms with Crippen LogP contribution in [0.3, 0.4) is 0 Å². The van der Waals surface area contributed by atoms with Crippen molar-refractivity contribution in [3.8, 4) is 0 Å². The maximum absolute atomic E-state index is 5.38. The second-order valence-electron chi connectivity index (χ2n) is 1.65. The Bertz CT molecular complexity index is 109. The third-order valence-corrected chi connectivity index (χ3v) is 0.738. The summed E-state index contributed by atoms with van der Waals surface area (Å²) in [4.78, 5) is 7.60. The molecule has 0 fully saturated rings. The van der Waals surface area contributed by atoms with Crippen molar-refractivity contribution in [1.82, 2.24) is 0 Å². The maximum atomic E-state index is 5.38. The molecule has 1 aliphatic rings. The number of nitrogens with two attached hydrogens (primary N) is 1. The molecule has 0 amide bonds. The second kappa shape index (κ2) is 1.13. The molecule has 3 heteroatoms. The van der Waals surface area contributed by atoms with E-state index in [1.807, 2.05) is 0 Å². The molecule has 0 aromatic heterocycles. The summed E-state index contributed by atoms with van der Waals surface area (Å²) < 4.78 is 0. The highest BCUT2D eigenvalue weighted by Gasteiger charge is 2.13. The molecule has 38 valence electrons. The Balaban J connectivity index is 2.77. The van der Waals surface area contributed by atoms with Gasteiger partial charge in [0.25, 0.3) is 0 Å². The minimum absolute atomic E-state index is 0.667. The molecule has 1 heterocycles. The molecule has 7 heavy (non-hydrogen) atoms. The largest absolute Gasteiger partial charge is 0.289 e. The molecule has 2 N–H and O–H groups in total. The molecule has 0 aromatic rings. The summed E-state index contributed by atoms with van der Waals surface area (Å²) in [6.07, 6.45) is 3.19. The molecule has 1 aliphatic heterocycles. The first kappa shape index (κ1) is 4.46. The van der Waals surface area contributed by atoms with Crippen molar-refractivity contribution in [3.63, 3.8) is 0 Å². The fourth-order valence-electron chi connectivity index (χ4n) is 0.402. The highest BCUT2D eigenvalue weighted by Crippen LogP contribution is 2.03. The molecule has 1 rings (SSSR count). The van der Waals surface area contributed by atoms with Crippen LogP contribution in [-0.4, -0.2) is 18.2 Å². The fourth-order valence-corrected chi connectivity index (χ4v) is 0.402. The van der Waals surface area contributed by atoms with Crippen molar-refractivity contribution >= 4 is 12.4 Å². The second-order valence-corrected chi connectivity index (χ2v) is 1.65. The highest BCUT2D eigenvalue weighted by atomic mass is 15.2. The van der Waals surface area contributed by atoms with E-state index in [0.717, 1.165) is 0 Å². The Morgan fingerprint density at radius 2 is 1.86 bits per heavy atom. The van der Waals surface area contributed by atoms with Gasteiger partial charge in [-0.3, -0.25) is 5.73 Å². The summed E-state index contributed by atoms with van der Waals surface area (Å²) in [5.41, 5.74) is 5.38. The van der Waals surface area contributed by atoms with E-state index in [9.17, 15) is 0 Å². The summed E-state index contributed by atoms with van der Waals surface area (Å²) in [5, 5.41) is 0. The average molecular weight is 97.1 g/mol. The average Bonchev–Trinajstić information content (AvgIpc) is 1.84. The van der Waals surface area contributed by atoms with E-state index >= 15 is 0 Å². The smallest absolute Gasteiger partial charge is 0.199 e. The molecule has 0 bridgehead atoms. The molecule has 0 aliphatic carbocycles. The zero-order valence-corrected chi connectivity index (χ0v) is 4.13. The van der Waals surface area contributed by atoms with E-state index in [-0.39, 0.29) is 0 Å². The predicted molar refractivity (Wildman–Crippen MR) is 29.6 cm³/mol. The van der Waals surface area contributed by atoms with Gasteiger partial charge in [0.05, 0.1) is 0 Å². The zero-order chi connectivity index (χ0) is 5.33. The van der Waals surface area contributed by atoms with Gasteiger partial charge in [-0.1, -0.05) is 0 Å². The van der Waals surface area contributed by atoms with Gasteiger partial charge in [0, 0.05) is 12.4 Å². The van der Waals surface area contributed by atoms with Crippen LogP contribution in [0.5, 0.6) is 0 Å². The predicted octanol–water partition coefficient (Wildman–Crippen LogP) is -0.226. The van der Waals surface area contributed by atoms with Crippen molar-refractivity contribution in [2.75, 3.05) is 0 Å². The summed E-state index contributed by atoms with van der Waals surface area (Å²) in [7, 11) is 0. The first-order chi connectivity index (χ1) is 3.21. The van der Waals surface area contributed by atoms with Gasteiger partial charge in [-0.05, 0) is 6.92 Å². The van der Waals surface area contributed by atoms with Crippen molar-refractivity contribution in [2.24, 2.45) is 15.7 Å². The van der Waals surface area contributed by atoms with Crippen molar-refractivity contribution < 1.29 is 0 Å². The van der Waals surface area contributed by atoms with Gasteiger partial charge >= 0.3 is 0 Å². The van der Waals surface area contributed by atoms with Crippen LogP contribution in [0, 0.1) is 0 Å². The van der Waals surface area contributed by atoms with Crippen LogP contribution in [0.4, 0.5) is 0 Å². The molecule has 0 saturated heterocycles. The van der Waals surface area contributed by atoms with E-state index in [4.69, 9.17) is 5.73 Å². The highest BCUT2D eigenvalue weighted by molar-refractivity contribution is 6.17. The maximum Gasteiger partial charge on any atom is 0.199 e. The first-order valence-electron chi connectivity index (χ1n) is 2.09. The molecule has 0 saturated carbocycles. The number of rotatable bonds is 0. The van der Waals surface area contributed by atoms with E-state index in [1.54, 1.807) is 19.4 Å². The zero-order valence-electron chi connectivity index (χ0n) is 4.13. The van der Waals surface area contributed by atoms with Crippen molar-refractivity contribution in [3.05, 3.63) is 0 Å². The van der Waals surface area contributed by atoms with Gasteiger partial charge in [0.15, 0.2) is 5.79 Å².